The number of rotatable bonds is 8. The maximum Gasteiger partial charge on any atom is 0.220 e. The van der Waals surface area contributed by atoms with Gasteiger partial charge in [-0.3, -0.25) is 4.79 Å². The molecule has 4 nitrogen and oxygen atoms in total. The molecule has 23 heavy (non-hydrogen) atoms. The zero-order valence-corrected chi connectivity index (χ0v) is 14.0. The number of benzene rings is 1. The van der Waals surface area contributed by atoms with Crippen LogP contribution in [0.15, 0.2) is 24.3 Å². The average molecular weight is 321 g/mol. The number of amides is 1. The summed E-state index contributed by atoms with van der Waals surface area (Å²) in [5.41, 5.74) is 0.602. The third kappa shape index (κ3) is 6.18. The van der Waals surface area contributed by atoms with Crippen LogP contribution in [-0.4, -0.2) is 39.1 Å². The molecule has 0 radical (unpaired) electrons. The Morgan fingerprint density at radius 3 is 2.83 bits per heavy atom. The van der Waals surface area contributed by atoms with Gasteiger partial charge in [0, 0.05) is 26.6 Å². The Bertz CT molecular complexity index is 489. The van der Waals surface area contributed by atoms with Gasteiger partial charge in [0.05, 0.1) is 5.69 Å². The van der Waals surface area contributed by atoms with Gasteiger partial charge in [-0.05, 0) is 56.8 Å². The number of hydrogen-bond donors (Lipinski definition) is 2. The van der Waals surface area contributed by atoms with E-state index >= 15 is 0 Å². The molecule has 2 rings (SSSR count). The van der Waals surface area contributed by atoms with Crippen LogP contribution in [-0.2, 0) is 4.79 Å². The van der Waals surface area contributed by atoms with Crippen LogP contribution in [0.25, 0.3) is 0 Å². The average Bonchev–Trinajstić information content (AvgIpc) is 2.58. The second-order valence-electron chi connectivity index (χ2n) is 6.31. The molecule has 1 saturated heterocycles. The normalized spacial score (nSPS) is 15.4. The monoisotopic (exact) mass is 321 g/mol. The third-order valence-corrected chi connectivity index (χ3v) is 4.49. The summed E-state index contributed by atoms with van der Waals surface area (Å²) >= 11 is 0. The summed E-state index contributed by atoms with van der Waals surface area (Å²) in [5.74, 6) is 0.618. The largest absolute Gasteiger partial charge is 0.372 e. The van der Waals surface area contributed by atoms with Crippen molar-refractivity contribution in [3.63, 3.8) is 0 Å². The molecule has 1 aromatic rings. The lowest BCUT2D eigenvalue weighted by atomic mass is 9.93. The maximum atomic E-state index is 13.6. The smallest absolute Gasteiger partial charge is 0.220 e. The Kier molecular flexibility index (Phi) is 7.33. The first-order valence-electron chi connectivity index (χ1n) is 8.60. The van der Waals surface area contributed by atoms with Crippen LogP contribution in [0.2, 0.25) is 0 Å². The van der Waals surface area contributed by atoms with Crippen LogP contribution in [0.4, 0.5) is 10.1 Å². The van der Waals surface area contributed by atoms with Crippen LogP contribution >= 0.6 is 0 Å². The minimum atomic E-state index is -0.207. The fraction of sp³-hybridized carbons (Fsp3) is 0.611. The van der Waals surface area contributed by atoms with Gasteiger partial charge in [0.15, 0.2) is 0 Å². The summed E-state index contributed by atoms with van der Waals surface area (Å²) in [6.07, 6.45) is 4.78. The number of nitrogens with zero attached hydrogens (tertiary/aromatic N) is 1. The molecule has 2 N–H and O–H groups in total. The van der Waals surface area contributed by atoms with Gasteiger partial charge in [0.1, 0.15) is 5.82 Å². The van der Waals surface area contributed by atoms with Gasteiger partial charge in [-0.2, -0.15) is 0 Å². The standard InChI is InChI=1S/C18H28FN3O/c1-22(17-6-3-2-5-16(17)19)14-4-11-21-18(23)8-7-15-9-12-20-13-10-15/h2-3,5-6,15,20H,4,7-14H2,1H3,(H,21,23). The molecule has 0 aliphatic carbocycles. The van der Waals surface area contributed by atoms with Gasteiger partial charge in [-0.25, -0.2) is 4.39 Å². The molecule has 0 unspecified atom stereocenters. The van der Waals surface area contributed by atoms with Crippen LogP contribution in [0.5, 0.6) is 0 Å². The Morgan fingerprint density at radius 1 is 1.35 bits per heavy atom. The first-order valence-corrected chi connectivity index (χ1v) is 8.60. The first kappa shape index (κ1) is 17.7. The van der Waals surface area contributed by atoms with Crippen molar-refractivity contribution < 1.29 is 9.18 Å². The molecule has 0 saturated carbocycles. The van der Waals surface area contributed by atoms with Crippen molar-refractivity contribution in [3.8, 4) is 0 Å². The molecule has 1 aliphatic rings. The summed E-state index contributed by atoms with van der Waals surface area (Å²) in [6.45, 7) is 3.52. The third-order valence-electron chi connectivity index (χ3n) is 4.49. The number of carbonyl (C=O) groups excluding carboxylic acids is 1. The van der Waals surface area contributed by atoms with Crippen LogP contribution < -0.4 is 15.5 Å². The Balaban J connectivity index is 1.57. The van der Waals surface area contributed by atoms with Crippen molar-refractivity contribution in [2.24, 2.45) is 5.92 Å². The highest BCUT2D eigenvalue weighted by Gasteiger charge is 2.14. The number of hydrogen-bond acceptors (Lipinski definition) is 3. The molecule has 1 aromatic carbocycles. The summed E-state index contributed by atoms with van der Waals surface area (Å²) in [5, 5.41) is 6.31. The second kappa shape index (κ2) is 9.50. The van der Waals surface area contributed by atoms with Crippen LogP contribution in [0, 0.1) is 11.7 Å². The van der Waals surface area contributed by atoms with Crippen molar-refractivity contribution in [2.75, 3.05) is 38.1 Å². The molecule has 1 aliphatic heterocycles. The number of anilines is 1. The van der Waals surface area contributed by atoms with E-state index < -0.39 is 0 Å². The topological polar surface area (TPSA) is 44.4 Å². The SMILES string of the molecule is CN(CCCNC(=O)CCC1CCNCC1)c1ccccc1F. The van der Waals surface area contributed by atoms with Crippen molar-refractivity contribution in [2.45, 2.75) is 32.1 Å². The van der Waals surface area contributed by atoms with Crippen LogP contribution in [0.3, 0.4) is 0 Å². The van der Waals surface area contributed by atoms with E-state index in [1.807, 2.05) is 18.0 Å². The lowest BCUT2D eigenvalue weighted by molar-refractivity contribution is -0.121. The van der Waals surface area contributed by atoms with E-state index in [4.69, 9.17) is 0 Å². The van der Waals surface area contributed by atoms with Crippen molar-refractivity contribution >= 4 is 11.6 Å². The van der Waals surface area contributed by atoms with E-state index in [0.717, 1.165) is 32.5 Å². The molecular formula is C18H28FN3O. The van der Waals surface area contributed by atoms with Crippen LogP contribution in [0.1, 0.15) is 32.1 Å². The number of halogens is 1. The highest BCUT2D eigenvalue weighted by Crippen LogP contribution is 2.18. The first-order chi connectivity index (χ1) is 11.2. The fourth-order valence-electron chi connectivity index (χ4n) is 3.02. The lowest BCUT2D eigenvalue weighted by Crippen LogP contribution is -2.30. The van der Waals surface area contributed by atoms with Gasteiger partial charge in [0.2, 0.25) is 5.91 Å². The minimum Gasteiger partial charge on any atom is -0.372 e. The van der Waals surface area contributed by atoms with Gasteiger partial charge >= 0.3 is 0 Å². The molecule has 1 amide bonds. The Hall–Kier alpha value is -1.62. The number of para-hydroxylation sites is 1. The highest BCUT2D eigenvalue weighted by atomic mass is 19.1. The second-order valence-corrected chi connectivity index (χ2v) is 6.31. The molecule has 0 aromatic heterocycles. The molecule has 5 heteroatoms. The van der Waals surface area contributed by atoms with Crippen molar-refractivity contribution in [1.82, 2.24) is 10.6 Å². The van der Waals surface area contributed by atoms with E-state index in [-0.39, 0.29) is 11.7 Å². The number of carbonyl (C=O) groups is 1. The quantitative estimate of drug-likeness (QED) is 0.723. The van der Waals surface area contributed by atoms with E-state index in [1.165, 1.54) is 18.9 Å². The lowest BCUT2D eigenvalue weighted by Gasteiger charge is -2.22. The van der Waals surface area contributed by atoms with Crippen molar-refractivity contribution in [1.29, 1.82) is 0 Å². The molecule has 1 fully saturated rings. The predicted molar refractivity (Wildman–Crippen MR) is 92.1 cm³/mol. The van der Waals surface area contributed by atoms with E-state index in [2.05, 4.69) is 10.6 Å². The van der Waals surface area contributed by atoms with Gasteiger partial charge in [-0.15, -0.1) is 0 Å². The van der Waals surface area contributed by atoms with E-state index in [9.17, 15) is 9.18 Å². The maximum absolute atomic E-state index is 13.6. The summed E-state index contributed by atoms with van der Waals surface area (Å²) in [7, 11) is 1.87. The molecule has 0 spiro atoms. The zero-order valence-electron chi connectivity index (χ0n) is 14.0. The van der Waals surface area contributed by atoms with Gasteiger partial charge in [0.25, 0.3) is 0 Å². The van der Waals surface area contributed by atoms with Gasteiger partial charge < -0.3 is 15.5 Å². The summed E-state index contributed by atoms with van der Waals surface area (Å²) in [4.78, 5) is 13.7. The van der Waals surface area contributed by atoms with E-state index in [1.54, 1.807) is 12.1 Å². The summed E-state index contributed by atoms with van der Waals surface area (Å²) < 4.78 is 13.6. The Morgan fingerprint density at radius 2 is 2.09 bits per heavy atom. The molecule has 0 atom stereocenters. The van der Waals surface area contributed by atoms with E-state index in [0.29, 0.717) is 24.6 Å². The Labute approximate surface area is 138 Å². The fourth-order valence-corrected chi connectivity index (χ4v) is 3.02. The number of piperidine rings is 1. The summed E-state index contributed by atoms with van der Waals surface area (Å²) in [6, 6.07) is 6.76. The molecule has 0 bridgehead atoms. The predicted octanol–water partition coefficient (Wildman–Crippen LogP) is 2.55. The zero-order chi connectivity index (χ0) is 16.5. The molecule has 128 valence electrons. The number of nitrogens with one attached hydrogen (secondary N) is 2. The van der Waals surface area contributed by atoms with Gasteiger partial charge in [-0.1, -0.05) is 12.1 Å². The highest BCUT2D eigenvalue weighted by molar-refractivity contribution is 5.75. The molecular weight excluding hydrogens is 293 g/mol. The molecule has 1 heterocycles. The minimum absolute atomic E-state index is 0.136. The van der Waals surface area contributed by atoms with Crippen molar-refractivity contribution in [3.05, 3.63) is 30.1 Å².